The molecule has 0 aliphatic heterocycles. The molecule has 1 N–H and O–H groups in total. The van der Waals surface area contributed by atoms with Crippen LogP contribution in [0.4, 0.5) is 0 Å². The lowest BCUT2D eigenvalue weighted by atomic mass is 10.2. The topological polar surface area (TPSA) is 24.9 Å². The Morgan fingerprint density at radius 2 is 2.44 bits per heavy atom. The van der Waals surface area contributed by atoms with Crippen molar-refractivity contribution < 1.29 is 0 Å². The molecule has 0 saturated carbocycles. The quantitative estimate of drug-likeness (QED) is 0.899. The molecule has 4 heteroatoms. The molecule has 1 unspecified atom stereocenters. The average molecular weight is 253 g/mol. The molecule has 1 atom stereocenters. The molecule has 0 spiro atoms. The molecule has 0 aliphatic rings. The van der Waals surface area contributed by atoms with Gasteiger partial charge in [0.05, 0.1) is 4.34 Å². The SMILES string of the molecule is CC(NCc1cccnc1)c1csc(Cl)c1. The Morgan fingerprint density at radius 3 is 3.06 bits per heavy atom. The highest BCUT2D eigenvalue weighted by atomic mass is 35.5. The summed E-state index contributed by atoms with van der Waals surface area (Å²) in [5.41, 5.74) is 2.43. The second-order valence-electron chi connectivity index (χ2n) is 3.65. The lowest BCUT2D eigenvalue weighted by molar-refractivity contribution is 0.575. The van der Waals surface area contributed by atoms with Gasteiger partial charge in [0.1, 0.15) is 0 Å². The van der Waals surface area contributed by atoms with E-state index >= 15 is 0 Å². The summed E-state index contributed by atoms with van der Waals surface area (Å²) in [6, 6.07) is 6.33. The molecule has 0 bridgehead atoms. The second kappa shape index (κ2) is 5.43. The molecule has 2 heterocycles. The highest BCUT2D eigenvalue weighted by molar-refractivity contribution is 7.14. The lowest BCUT2D eigenvalue weighted by Crippen LogP contribution is -2.17. The van der Waals surface area contributed by atoms with Gasteiger partial charge in [-0.15, -0.1) is 11.3 Å². The molecule has 2 aromatic rings. The monoisotopic (exact) mass is 252 g/mol. The fourth-order valence-electron chi connectivity index (χ4n) is 1.44. The van der Waals surface area contributed by atoms with E-state index in [2.05, 4.69) is 28.7 Å². The first-order chi connectivity index (χ1) is 7.75. The van der Waals surface area contributed by atoms with Gasteiger partial charge in [-0.05, 0) is 35.6 Å². The number of rotatable bonds is 4. The Kier molecular flexibility index (Phi) is 3.93. The summed E-state index contributed by atoms with van der Waals surface area (Å²) in [6.07, 6.45) is 3.66. The van der Waals surface area contributed by atoms with Crippen molar-refractivity contribution in [2.75, 3.05) is 0 Å². The molecule has 0 aliphatic carbocycles. The van der Waals surface area contributed by atoms with Gasteiger partial charge in [0.2, 0.25) is 0 Å². The minimum atomic E-state index is 0.309. The van der Waals surface area contributed by atoms with E-state index < -0.39 is 0 Å². The van der Waals surface area contributed by atoms with Crippen molar-refractivity contribution >= 4 is 22.9 Å². The Hall–Kier alpha value is -0.900. The van der Waals surface area contributed by atoms with Crippen LogP contribution in [0, 0.1) is 0 Å². The summed E-state index contributed by atoms with van der Waals surface area (Å²) in [6.45, 7) is 2.96. The van der Waals surface area contributed by atoms with E-state index in [0.29, 0.717) is 6.04 Å². The number of pyridine rings is 1. The number of halogens is 1. The van der Waals surface area contributed by atoms with Gasteiger partial charge >= 0.3 is 0 Å². The van der Waals surface area contributed by atoms with Crippen LogP contribution in [0.3, 0.4) is 0 Å². The van der Waals surface area contributed by atoms with Crippen LogP contribution >= 0.6 is 22.9 Å². The molecular weight excluding hydrogens is 240 g/mol. The molecule has 0 radical (unpaired) electrons. The third-order valence-corrected chi connectivity index (χ3v) is 3.53. The average Bonchev–Trinajstić information content (AvgIpc) is 2.74. The molecule has 2 aromatic heterocycles. The number of nitrogens with one attached hydrogen (secondary N) is 1. The maximum absolute atomic E-state index is 5.90. The molecule has 0 aromatic carbocycles. The summed E-state index contributed by atoms with van der Waals surface area (Å²) >= 11 is 7.47. The van der Waals surface area contributed by atoms with Crippen LogP contribution in [0.5, 0.6) is 0 Å². The largest absolute Gasteiger partial charge is 0.306 e. The van der Waals surface area contributed by atoms with Gasteiger partial charge in [-0.2, -0.15) is 0 Å². The van der Waals surface area contributed by atoms with Crippen molar-refractivity contribution in [2.45, 2.75) is 19.5 Å². The Balaban J connectivity index is 1.91. The summed E-state index contributed by atoms with van der Waals surface area (Å²) in [7, 11) is 0. The zero-order chi connectivity index (χ0) is 11.4. The Morgan fingerprint density at radius 1 is 1.56 bits per heavy atom. The predicted octanol–water partition coefficient (Wildman–Crippen LogP) is 3.65. The van der Waals surface area contributed by atoms with E-state index in [9.17, 15) is 0 Å². The van der Waals surface area contributed by atoms with Crippen LogP contribution in [0.2, 0.25) is 4.34 Å². The van der Waals surface area contributed by atoms with Crippen LogP contribution in [0.1, 0.15) is 24.1 Å². The smallest absolute Gasteiger partial charge is 0.0931 e. The van der Waals surface area contributed by atoms with Crippen LogP contribution in [0.15, 0.2) is 36.0 Å². The van der Waals surface area contributed by atoms with Crippen LogP contribution in [-0.4, -0.2) is 4.98 Å². The van der Waals surface area contributed by atoms with Crippen molar-refractivity contribution in [1.29, 1.82) is 0 Å². The first-order valence-electron chi connectivity index (χ1n) is 5.12. The summed E-state index contributed by atoms with van der Waals surface area (Å²) in [4.78, 5) is 4.08. The molecule has 0 amide bonds. The van der Waals surface area contributed by atoms with Gasteiger partial charge in [0.15, 0.2) is 0 Å². The number of thiophene rings is 1. The first kappa shape index (κ1) is 11.6. The van der Waals surface area contributed by atoms with E-state index in [1.165, 1.54) is 11.1 Å². The van der Waals surface area contributed by atoms with Gasteiger partial charge in [-0.25, -0.2) is 0 Å². The van der Waals surface area contributed by atoms with Crippen molar-refractivity contribution in [2.24, 2.45) is 0 Å². The Labute approximate surface area is 104 Å². The molecule has 0 saturated heterocycles. The third-order valence-electron chi connectivity index (χ3n) is 2.42. The van der Waals surface area contributed by atoms with E-state index in [-0.39, 0.29) is 0 Å². The van der Waals surface area contributed by atoms with E-state index in [4.69, 9.17) is 11.6 Å². The second-order valence-corrected chi connectivity index (χ2v) is 5.19. The van der Waals surface area contributed by atoms with Gasteiger partial charge in [0, 0.05) is 25.0 Å². The van der Waals surface area contributed by atoms with Crippen LogP contribution < -0.4 is 5.32 Å². The number of hydrogen-bond donors (Lipinski definition) is 1. The standard InChI is InChI=1S/C12H13ClN2S/c1-9(11-5-12(13)16-8-11)15-7-10-3-2-4-14-6-10/h2-6,8-9,15H,7H2,1H3. The number of nitrogens with zero attached hydrogens (tertiary/aromatic N) is 1. The van der Waals surface area contributed by atoms with Gasteiger partial charge in [-0.3, -0.25) is 4.98 Å². The maximum atomic E-state index is 5.90. The lowest BCUT2D eigenvalue weighted by Gasteiger charge is -2.11. The zero-order valence-corrected chi connectivity index (χ0v) is 10.6. The molecular formula is C12H13ClN2S. The highest BCUT2D eigenvalue weighted by Gasteiger charge is 2.06. The molecule has 0 fully saturated rings. The summed E-state index contributed by atoms with van der Waals surface area (Å²) < 4.78 is 0.838. The van der Waals surface area contributed by atoms with E-state index in [1.807, 2.05) is 18.3 Å². The molecule has 2 nitrogen and oxygen atoms in total. The van der Waals surface area contributed by atoms with Crippen molar-refractivity contribution in [3.05, 3.63) is 51.4 Å². The van der Waals surface area contributed by atoms with Gasteiger partial charge in [0.25, 0.3) is 0 Å². The maximum Gasteiger partial charge on any atom is 0.0931 e. The Bertz CT molecular complexity index is 441. The van der Waals surface area contributed by atoms with Gasteiger partial charge in [-0.1, -0.05) is 17.7 Å². The zero-order valence-electron chi connectivity index (χ0n) is 8.98. The van der Waals surface area contributed by atoms with E-state index in [1.54, 1.807) is 17.5 Å². The van der Waals surface area contributed by atoms with Crippen molar-refractivity contribution in [1.82, 2.24) is 10.3 Å². The minimum Gasteiger partial charge on any atom is -0.306 e. The highest BCUT2D eigenvalue weighted by Crippen LogP contribution is 2.24. The fourth-order valence-corrected chi connectivity index (χ4v) is 2.43. The fraction of sp³-hybridized carbons (Fsp3) is 0.250. The van der Waals surface area contributed by atoms with Crippen molar-refractivity contribution in [3.63, 3.8) is 0 Å². The molecule has 16 heavy (non-hydrogen) atoms. The first-order valence-corrected chi connectivity index (χ1v) is 6.37. The predicted molar refractivity (Wildman–Crippen MR) is 68.8 cm³/mol. The van der Waals surface area contributed by atoms with Crippen LogP contribution in [-0.2, 0) is 6.54 Å². The van der Waals surface area contributed by atoms with Crippen LogP contribution in [0.25, 0.3) is 0 Å². The normalized spacial score (nSPS) is 12.6. The summed E-state index contributed by atoms with van der Waals surface area (Å²) in [5, 5.41) is 5.52. The third kappa shape index (κ3) is 3.04. The van der Waals surface area contributed by atoms with Crippen molar-refractivity contribution in [3.8, 4) is 0 Å². The number of hydrogen-bond acceptors (Lipinski definition) is 3. The number of aromatic nitrogens is 1. The summed E-state index contributed by atoms with van der Waals surface area (Å²) in [5.74, 6) is 0. The van der Waals surface area contributed by atoms with Gasteiger partial charge < -0.3 is 5.32 Å². The van der Waals surface area contributed by atoms with E-state index in [0.717, 1.165) is 10.9 Å². The minimum absolute atomic E-state index is 0.309. The molecule has 2 rings (SSSR count). The molecule has 84 valence electrons.